The molecule has 0 amide bonds. The monoisotopic (exact) mass is 292 g/mol. The number of amidine groups is 1. The lowest BCUT2D eigenvalue weighted by Crippen LogP contribution is -2.22. The molecule has 0 atom stereocenters. The lowest BCUT2D eigenvalue weighted by Gasteiger charge is -2.14. The number of ether oxygens (including phenoxy) is 1. The fraction of sp³-hybridized carbons (Fsp3) is 0.455. The second kappa shape index (κ2) is 6.42. The Morgan fingerprint density at radius 3 is 2.60 bits per heavy atom. The normalized spacial score (nSPS) is 12.8. The zero-order valence-electron chi connectivity index (χ0n) is 11.0. The topological polar surface area (TPSA) is 84.0 Å². The van der Waals surface area contributed by atoms with Crippen LogP contribution in [0.4, 0.5) is 13.2 Å². The molecule has 0 saturated carbocycles. The summed E-state index contributed by atoms with van der Waals surface area (Å²) < 4.78 is 43.0. The van der Waals surface area contributed by atoms with Crippen molar-refractivity contribution in [1.29, 1.82) is 0 Å². The molecule has 3 N–H and O–H groups in total. The second-order valence-corrected chi connectivity index (χ2v) is 4.18. The summed E-state index contributed by atoms with van der Waals surface area (Å²) in [6.45, 7) is 0.598. The van der Waals surface area contributed by atoms with Crippen LogP contribution in [0.5, 0.6) is 5.88 Å². The Morgan fingerprint density at radius 2 is 2.10 bits per heavy atom. The van der Waals surface area contributed by atoms with E-state index in [1.807, 2.05) is 0 Å². The lowest BCUT2D eigenvalue weighted by molar-refractivity contribution is -0.141. The summed E-state index contributed by atoms with van der Waals surface area (Å²) in [5.74, 6) is -0.692. The van der Waals surface area contributed by atoms with Crippen molar-refractivity contribution in [2.45, 2.75) is 6.18 Å². The quantitative estimate of drug-likeness (QED) is 0.368. The summed E-state index contributed by atoms with van der Waals surface area (Å²) in [7, 11) is 3.57. The number of alkyl halides is 3. The Hall–Kier alpha value is -2.03. The van der Waals surface area contributed by atoms with Gasteiger partial charge in [0.05, 0.1) is 5.56 Å². The smallest absolute Gasteiger partial charge is 0.433 e. The van der Waals surface area contributed by atoms with Gasteiger partial charge in [0, 0.05) is 6.54 Å². The maximum Gasteiger partial charge on any atom is 0.433 e. The first-order valence-corrected chi connectivity index (χ1v) is 5.59. The Morgan fingerprint density at radius 1 is 1.45 bits per heavy atom. The Balaban J connectivity index is 3.07. The number of nitrogens with two attached hydrogens (primary N) is 1. The van der Waals surface area contributed by atoms with Crippen LogP contribution in [0.1, 0.15) is 11.3 Å². The highest BCUT2D eigenvalue weighted by atomic mass is 19.4. The van der Waals surface area contributed by atoms with Crippen molar-refractivity contribution in [1.82, 2.24) is 9.88 Å². The standard InChI is InChI=1S/C11H15F3N4O2/c1-18(2)5-6-20-10-7(9(15)17-19)3-4-8(16-10)11(12,13)14/h3-4,19H,5-6H2,1-2H3,(H2,15,17). The fourth-order valence-corrected chi connectivity index (χ4v) is 1.28. The van der Waals surface area contributed by atoms with Crippen molar-refractivity contribution in [2.24, 2.45) is 10.9 Å². The van der Waals surface area contributed by atoms with Crippen LogP contribution in [0.25, 0.3) is 0 Å². The average molecular weight is 292 g/mol. The van der Waals surface area contributed by atoms with E-state index in [1.165, 1.54) is 0 Å². The van der Waals surface area contributed by atoms with Gasteiger partial charge in [0.15, 0.2) is 5.84 Å². The molecule has 0 aliphatic heterocycles. The van der Waals surface area contributed by atoms with Gasteiger partial charge in [0.1, 0.15) is 12.3 Å². The van der Waals surface area contributed by atoms with E-state index in [0.29, 0.717) is 6.54 Å². The number of pyridine rings is 1. The van der Waals surface area contributed by atoms with Crippen molar-refractivity contribution >= 4 is 5.84 Å². The molecule has 0 aliphatic rings. The van der Waals surface area contributed by atoms with Gasteiger partial charge in [-0.1, -0.05) is 5.16 Å². The predicted molar refractivity (Wildman–Crippen MR) is 65.8 cm³/mol. The van der Waals surface area contributed by atoms with Crippen LogP contribution in [0, 0.1) is 0 Å². The first-order chi connectivity index (χ1) is 9.25. The molecule has 0 bridgehead atoms. The molecule has 112 valence electrons. The molecule has 1 aromatic heterocycles. The number of nitrogens with zero attached hydrogens (tertiary/aromatic N) is 3. The number of aromatic nitrogens is 1. The van der Waals surface area contributed by atoms with Gasteiger partial charge in [-0.15, -0.1) is 0 Å². The molecule has 0 aliphatic carbocycles. The predicted octanol–water partition coefficient (Wildman–Crippen LogP) is 1.14. The Kier molecular flexibility index (Phi) is 5.14. The average Bonchev–Trinajstić information content (AvgIpc) is 2.36. The van der Waals surface area contributed by atoms with E-state index in [2.05, 4.69) is 10.1 Å². The number of hydrogen-bond acceptors (Lipinski definition) is 5. The van der Waals surface area contributed by atoms with Gasteiger partial charge in [-0.25, -0.2) is 4.98 Å². The van der Waals surface area contributed by atoms with Gasteiger partial charge < -0.3 is 20.6 Å². The third-order valence-corrected chi connectivity index (χ3v) is 2.31. The van der Waals surface area contributed by atoms with Crippen molar-refractivity contribution in [2.75, 3.05) is 27.2 Å². The fourth-order valence-electron chi connectivity index (χ4n) is 1.28. The van der Waals surface area contributed by atoms with E-state index in [-0.39, 0.29) is 23.9 Å². The zero-order valence-corrected chi connectivity index (χ0v) is 11.0. The molecule has 1 rings (SSSR count). The van der Waals surface area contributed by atoms with Crippen LogP contribution < -0.4 is 10.5 Å². The summed E-state index contributed by atoms with van der Waals surface area (Å²) in [5, 5.41) is 11.3. The molecule has 1 heterocycles. The summed E-state index contributed by atoms with van der Waals surface area (Å²) in [6, 6.07) is 1.79. The number of rotatable bonds is 5. The minimum absolute atomic E-state index is 0.000689. The van der Waals surface area contributed by atoms with Gasteiger partial charge in [0.25, 0.3) is 0 Å². The summed E-state index contributed by atoms with van der Waals surface area (Å²) in [5.41, 5.74) is 4.27. The minimum Gasteiger partial charge on any atom is -0.476 e. The molecule has 0 spiro atoms. The first kappa shape index (κ1) is 16.0. The Bertz CT molecular complexity index is 489. The molecular weight excluding hydrogens is 277 g/mol. The first-order valence-electron chi connectivity index (χ1n) is 5.59. The van der Waals surface area contributed by atoms with E-state index in [1.54, 1.807) is 19.0 Å². The van der Waals surface area contributed by atoms with Crippen molar-refractivity contribution in [3.05, 3.63) is 23.4 Å². The molecule has 0 aromatic carbocycles. The van der Waals surface area contributed by atoms with Gasteiger partial charge in [-0.2, -0.15) is 13.2 Å². The third-order valence-electron chi connectivity index (χ3n) is 2.31. The van der Waals surface area contributed by atoms with Crippen molar-refractivity contribution in [3.8, 4) is 5.88 Å². The summed E-state index contributed by atoms with van der Waals surface area (Å²) in [6.07, 6.45) is -4.59. The zero-order chi connectivity index (χ0) is 15.3. The van der Waals surface area contributed by atoms with Crippen LogP contribution in [-0.4, -0.2) is 48.2 Å². The molecule has 0 unspecified atom stereocenters. The van der Waals surface area contributed by atoms with Crippen LogP contribution in [0.3, 0.4) is 0 Å². The number of oxime groups is 1. The second-order valence-electron chi connectivity index (χ2n) is 4.18. The van der Waals surface area contributed by atoms with E-state index in [0.717, 1.165) is 12.1 Å². The maximum absolute atomic E-state index is 12.6. The Labute approximate surface area is 113 Å². The number of hydrogen-bond donors (Lipinski definition) is 2. The van der Waals surface area contributed by atoms with E-state index >= 15 is 0 Å². The van der Waals surface area contributed by atoms with Crippen molar-refractivity contribution in [3.63, 3.8) is 0 Å². The van der Waals surface area contributed by atoms with E-state index < -0.39 is 11.9 Å². The van der Waals surface area contributed by atoms with Crippen LogP contribution in [0.2, 0.25) is 0 Å². The molecule has 0 radical (unpaired) electrons. The van der Waals surface area contributed by atoms with E-state index in [9.17, 15) is 13.2 Å². The molecular formula is C11H15F3N4O2. The molecule has 0 fully saturated rings. The summed E-state index contributed by atoms with van der Waals surface area (Å²) in [4.78, 5) is 5.16. The molecule has 9 heteroatoms. The minimum atomic E-state index is -4.59. The molecule has 1 aromatic rings. The number of halogens is 3. The van der Waals surface area contributed by atoms with Crippen LogP contribution >= 0.6 is 0 Å². The van der Waals surface area contributed by atoms with E-state index in [4.69, 9.17) is 15.7 Å². The maximum atomic E-state index is 12.6. The lowest BCUT2D eigenvalue weighted by atomic mass is 10.2. The van der Waals surface area contributed by atoms with Gasteiger partial charge in [-0.05, 0) is 26.2 Å². The number of likely N-dealkylation sites (N-methyl/N-ethyl adjacent to an activating group) is 1. The largest absolute Gasteiger partial charge is 0.476 e. The molecule has 6 nitrogen and oxygen atoms in total. The van der Waals surface area contributed by atoms with Gasteiger partial charge >= 0.3 is 6.18 Å². The van der Waals surface area contributed by atoms with Crippen LogP contribution in [-0.2, 0) is 6.18 Å². The van der Waals surface area contributed by atoms with Gasteiger partial charge in [0.2, 0.25) is 5.88 Å². The highest BCUT2D eigenvalue weighted by Crippen LogP contribution is 2.30. The van der Waals surface area contributed by atoms with Gasteiger partial charge in [-0.3, -0.25) is 0 Å². The van der Waals surface area contributed by atoms with Crippen molar-refractivity contribution < 1.29 is 23.1 Å². The SMILES string of the molecule is CN(C)CCOc1nc(C(F)(F)F)ccc1C(N)=NO. The highest BCUT2D eigenvalue weighted by molar-refractivity contribution is 5.99. The third kappa shape index (κ3) is 4.26. The summed E-state index contributed by atoms with van der Waals surface area (Å²) >= 11 is 0. The molecule has 0 saturated heterocycles. The highest BCUT2D eigenvalue weighted by Gasteiger charge is 2.33. The van der Waals surface area contributed by atoms with Crippen LogP contribution in [0.15, 0.2) is 17.3 Å². The molecule has 20 heavy (non-hydrogen) atoms.